The third-order valence-electron chi connectivity index (χ3n) is 6.83. The average molecular weight is 696 g/mol. The van der Waals surface area contributed by atoms with Crippen molar-refractivity contribution < 1.29 is 28.9 Å². The van der Waals surface area contributed by atoms with E-state index in [0.29, 0.717) is 0 Å². The first-order valence-corrected chi connectivity index (χ1v) is 18.0. The number of alkyl carbamates (subject to hydrolysis) is 1. The molecule has 1 aliphatic heterocycles. The van der Waals surface area contributed by atoms with E-state index < -0.39 is 17.7 Å². The predicted octanol–water partition coefficient (Wildman–Crippen LogP) is 7.33. The highest BCUT2D eigenvalue weighted by Gasteiger charge is 2.17. The Bertz CT molecular complexity index is 1530. The lowest BCUT2D eigenvalue weighted by atomic mass is 10.1. The normalized spacial score (nSPS) is 12.3. The first kappa shape index (κ1) is 38.8. The summed E-state index contributed by atoms with van der Waals surface area (Å²) < 4.78 is 15.2. The van der Waals surface area contributed by atoms with Crippen molar-refractivity contribution in [3.63, 3.8) is 0 Å². The number of amides is 1. The Morgan fingerprint density at radius 3 is 1.81 bits per heavy atom. The van der Waals surface area contributed by atoms with Crippen LogP contribution < -0.4 is 5.32 Å². The summed E-state index contributed by atoms with van der Waals surface area (Å²) in [6, 6.07) is 16.0. The Kier molecular flexibility index (Phi) is 16.7. The second-order valence-electron chi connectivity index (χ2n) is 12.3. The number of esters is 1. The van der Waals surface area contributed by atoms with Gasteiger partial charge in [-0.15, -0.1) is 22.7 Å². The fourth-order valence-electron chi connectivity index (χ4n) is 4.58. The lowest BCUT2D eigenvalue weighted by molar-refractivity contribution is -0.153. The molecular formula is C37H49N3O6S2. The van der Waals surface area contributed by atoms with Gasteiger partial charge in [-0.3, -0.25) is 4.79 Å². The van der Waals surface area contributed by atoms with Gasteiger partial charge >= 0.3 is 12.1 Å². The molecule has 11 heteroatoms. The van der Waals surface area contributed by atoms with E-state index in [0.717, 1.165) is 77.0 Å². The van der Waals surface area contributed by atoms with E-state index in [4.69, 9.17) is 19.3 Å². The Balaban J connectivity index is 0.000000248. The van der Waals surface area contributed by atoms with Gasteiger partial charge in [0.2, 0.25) is 0 Å². The number of aryl methyl sites for hydroxylation is 6. The highest BCUT2D eigenvalue weighted by molar-refractivity contribution is 7.09. The molecule has 1 saturated heterocycles. The zero-order chi connectivity index (χ0) is 34.8. The van der Waals surface area contributed by atoms with Crippen molar-refractivity contribution in [3.05, 3.63) is 103 Å². The zero-order valence-corrected chi connectivity index (χ0v) is 30.4. The number of aliphatic hydroxyl groups is 1. The molecule has 1 fully saturated rings. The fourth-order valence-corrected chi connectivity index (χ4v) is 5.88. The van der Waals surface area contributed by atoms with E-state index in [2.05, 4.69) is 38.2 Å². The van der Waals surface area contributed by atoms with Crippen molar-refractivity contribution >= 4 is 34.7 Å². The van der Waals surface area contributed by atoms with E-state index in [1.807, 2.05) is 50.2 Å². The van der Waals surface area contributed by atoms with Crippen LogP contribution in [-0.2, 0) is 57.9 Å². The molecule has 3 heterocycles. The maximum Gasteiger partial charge on any atom is 0.407 e. The Morgan fingerprint density at radius 2 is 1.35 bits per heavy atom. The molecule has 0 unspecified atom stereocenters. The molecule has 48 heavy (non-hydrogen) atoms. The summed E-state index contributed by atoms with van der Waals surface area (Å²) in [6.07, 6.45) is 5.62. The second kappa shape index (κ2) is 20.7. The van der Waals surface area contributed by atoms with Crippen LogP contribution in [0.4, 0.5) is 4.79 Å². The van der Waals surface area contributed by atoms with E-state index >= 15 is 0 Å². The van der Waals surface area contributed by atoms with E-state index in [-0.39, 0.29) is 19.8 Å². The third-order valence-corrected chi connectivity index (χ3v) is 8.48. The number of carbonyl (C=O) groups is 2. The van der Waals surface area contributed by atoms with Gasteiger partial charge in [-0.2, -0.15) is 0 Å². The molecule has 9 nitrogen and oxygen atoms in total. The van der Waals surface area contributed by atoms with Crippen LogP contribution in [0.15, 0.2) is 59.3 Å². The molecule has 0 radical (unpaired) electrons. The van der Waals surface area contributed by atoms with Gasteiger partial charge in [-0.1, -0.05) is 48.5 Å². The van der Waals surface area contributed by atoms with E-state index in [1.54, 1.807) is 43.4 Å². The fraction of sp³-hybridized carbons (Fsp3) is 0.459. The number of aliphatic hydroxyl groups excluding tert-OH is 1. The van der Waals surface area contributed by atoms with E-state index in [1.165, 1.54) is 18.4 Å². The van der Waals surface area contributed by atoms with Gasteiger partial charge in [0.15, 0.2) is 0 Å². The summed E-state index contributed by atoms with van der Waals surface area (Å²) in [7, 11) is 0. The van der Waals surface area contributed by atoms with Crippen LogP contribution in [0.3, 0.4) is 0 Å². The average Bonchev–Trinajstić information content (AvgIpc) is 3.86. The van der Waals surface area contributed by atoms with Crippen molar-refractivity contribution in [2.75, 3.05) is 19.8 Å². The smallest absolute Gasteiger partial charge is 0.407 e. The standard InChI is InChI=1S/C20H26N2O4S.C13H15NOS.C4H8O/c1-14-22-17(13-27-14)9-8-15-6-5-7-16(10-15)12-25-19(24)21-11-18(23)26-20(2,3)4;1-10-14-13(9-16-10)6-5-11-3-2-4-12(7-11)8-15;1-2-4-5-3-1/h5-7,10,13H,8-9,11-12H2,1-4H3,(H,21,24);2-4,7,9,15H,5-6,8H2,1H3;1-4H2. The third kappa shape index (κ3) is 16.5. The van der Waals surface area contributed by atoms with Crippen LogP contribution in [0.5, 0.6) is 0 Å². The topological polar surface area (TPSA) is 120 Å². The van der Waals surface area contributed by atoms with Crippen LogP contribution in [0, 0.1) is 13.8 Å². The molecule has 1 amide bonds. The molecule has 1 aliphatic rings. The SMILES string of the molecule is C1CCOC1.Cc1nc(CCc2cccc(CO)c2)cs1.Cc1nc(CCc2cccc(COC(=O)NCC(=O)OC(C)(C)C)c2)cs1. The molecule has 0 spiro atoms. The molecule has 260 valence electrons. The van der Waals surface area contributed by atoms with Crippen molar-refractivity contribution in [1.82, 2.24) is 15.3 Å². The number of thiazole rings is 2. The van der Waals surface area contributed by atoms with Gasteiger partial charge in [0.05, 0.1) is 28.0 Å². The summed E-state index contributed by atoms with van der Waals surface area (Å²) in [5.41, 5.74) is 5.98. The molecule has 2 N–H and O–H groups in total. The second-order valence-corrected chi connectivity index (χ2v) is 14.5. The van der Waals surface area contributed by atoms with Gasteiger partial charge in [0.25, 0.3) is 0 Å². The minimum absolute atomic E-state index is 0.115. The largest absolute Gasteiger partial charge is 0.459 e. The minimum atomic E-state index is -0.649. The summed E-state index contributed by atoms with van der Waals surface area (Å²) in [6.45, 7) is 11.4. The molecule has 0 saturated carbocycles. The Labute approximate surface area is 292 Å². The maximum atomic E-state index is 11.7. The number of hydrogen-bond donors (Lipinski definition) is 2. The van der Waals surface area contributed by atoms with Crippen LogP contribution in [-0.4, -0.2) is 52.5 Å². The van der Waals surface area contributed by atoms with Crippen LogP contribution >= 0.6 is 22.7 Å². The van der Waals surface area contributed by atoms with Gasteiger partial charge in [-0.05, 0) is 95.4 Å². The quantitative estimate of drug-likeness (QED) is 0.157. The molecule has 2 aromatic heterocycles. The number of nitrogens with zero attached hydrogens (tertiary/aromatic N) is 2. The first-order valence-electron chi connectivity index (χ1n) is 16.3. The number of nitrogens with one attached hydrogen (secondary N) is 1. The highest BCUT2D eigenvalue weighted by atomic mass is 32.1. The van der Waals surface area contributed by atoms with Gasteiger partial charge < -0.3 is 24.6 Å². The summed E-state index contributed by atoms with van der Waals surface area (Å²) in [5.74, 6) is -0.501. The number of benzene rings is 2. The van der Waals surface area contributed by atoms with Gasteiger partial charge in [0.1, 0.15) is 18.8 Å². The molecule has 4 aromatic rings. The monoisotopic (exact) mass is 695 g/mol. The summed E-state index contributed by atoms with van der Waals surface area (Å²) in [4.78, 5) is 32.2. The lowest BCUT2D eigenvalue weighted by Crippen LogP contribution is -2.34. The number of hydrogen-bond acceptors (Lipinski definition) is 10. The number of aromatic nitrogens is 2. The number of rotatable bonds is 11. The zero-order valence-electron chi connectivity index (χ0n) is 28.8. The van der Waals surface area contributed by atoms with Crippen molar-refractivity contribution in [1.29, 1.82) is 0 Å². The number of ether oxygens (including phenoxy) is 3. The Hall–Kier alpha value is -3.64. The van der Waals surface area contributed by atoms with Gasteiger partial charge in [-0.25, -0.2) is 14.8 Å². The van der Waals surface area contributed by atoms with Crippen molar-refractivity contribution in [3.8, 4) is 0 Å². The molecule has 0 bridgehead atoms. The minimum Gasteiger partial charge on any atom is -0.459 e. The highest BCUT2D eigenvalue weighted by Crippen LogP contribution is 2.14. The van der Waals surface area contributed by atoms with Crippen molar-refractivity contribution in [2.45, 2.75) is 92.0 Å². The lowest BCUT2D eigenvalue weighted by Gasteiger charge is -2.19. The first-order chi connectivity index (χ1) is 23.0. The number of carbonyl (C=O) groups excluding carboxylic acids is 2. The van der Waals surface area contributed by atoms with E-state index in [9.17, 15) is 9.59 Å². The molecule has 0 atom stereocenters. The van der Waals surface area contributed by atoms with Crippen molar-refractivity contribution in [2.24, 2.45) is 0 Å². The summed E-state index contributed by atoms with van der Waals surface area (Å²) in [5, 5.41) is 17.8. The molecule has 2 aromatic carbocycles. The van der Waals surface area contributed by atoms with Crippen LogP contribution in [0.2, 0.25) is 0 Å². The Morgan fingerprint density at radius 1 is 0.833 bits per heavy atom. The molecule has 5 rings (SSSR count). The van der Waals surface area contributed by atoms with Gasteiger partial charge in [0, 0.05) is 24.0 Å². The summed E-state index contributed by atoms with van der Waals surface area (Å²) >= 11 is 3.35. The molecule has 0 aliphatic carbocycles. The molecular weight excluding hydrogens is 647 g/mol. The van der Waals surface area contributed by atoms with Crippen LogP contribution in [0.1, 0.15) is 77.3 Å². The van der Waals surface area contributed by atoms with Crippen LogP contribution in [0.25, 0.3) is 0 Å². The maximum absolute atomic E-state index is 11.7. The predicted molar refractivity (Wildman–Crippen MR) is 191 cm³/mol.